The molecule has 7 atom stereocenters. The Hall–Kier alpha value is 0.620. The van der Waals surface area contributed by atoms with Crippen molar-refractivity contribution in [2.75, 3.05) is 12.3 Å². The first-order valence-corrected chi connectivity index (χ1v) is 14.9. The topological polar surface area (TPSA) is 55.4 Å². The fourth-order valence-corrected chi connectivity index (χ4v) is 16.9. The fraction of sp³-hybridized carbons (Fsp3) is 1.00. The summed E-state index contributed by atoms with van der Waals surface area (Å²) in [4.78, 5) is 0. The maximum Gasteiger partial charge on any atom is 0.190 e. The second kappa shape index (κ2) is 5.88. The van der Waals surface area contributed by atoms with Gasteiger partial charge in [0.25, 0.3) is 0 Å². The van der Waals surface area contributed by atoms with E-state index in [1.54, 1.807) is 0 Å². The van der Waals surface area contributed by atoms with Gasteiger partial charge in [-0.1, -0.05) is 6.92 Å². The highest BCUT2D eigenvalue weighted by molar-refractivity contribution is 7.61. The van der Waals surface area contributed by atoms with Crippen LogP contribution in [0.15, 0.2) is 0 Å². The van der Waals surface area contributed by atoms with Crippen molar-refractivity contribution in [1.82, 2.24) is 0 Å². The average molecular weight is 472 g/mol. The quantitative estimate of drug-likeness (QED) is 0.481. The highest BCUT2D eigenvalue weighted by Gasteiger charge is 2.72. The largest absolute Gasteiger partial charge is 0.339 e. The van der Waals surface area contributed by atoms with Crippen molar-refractivity contribution in [2.45, 2.75) is 132 Å². The van der Waals surface area contributed by atoms with Crippen LogP contribution in [0.3, 0.4) is 0 Å². The van der Waals surface area contributed by atoms with E-state index in [2.05, 4.69) is 55.4 Å². The van der Waals surface area contributed by atoms with Gasteiger partial charge in [-0.05, 0) is 83.1 Å². The molecule has 8 fully saturated rings. The smallest absolute Gasteiger partial charge is 0.190 e. The van der Waals surface area contributed by atoms with Gasteiger partial charge in [0.05, 0.1) is 10.7 Å². The Bertz CT molecular complexity index is 679. The summed E-state index contributed by atoms with van der Waals surface area (Å²) in [5, 5.41) is -0.0558. The summed E-state index contributed by atoms with van der Waals surface area (Å²) in [5.41, 5.74) is -0.519. The van der Waals surface area contributed by atoms with Crippen molar-refractivity contribution >= 4 is 15.8 Å². The number of hydrogen-bond acceptors (Lipinski definition) is 6. The summed E-state index contributed by atoms with van der Waals surface area (Å²) in [6, 6.07) is 0. The molecule has 176 valence electrons. The van der Waals surface area contributed by atoms with E-state index >= 15 is 0 Å². The maximum atomic E-state index is 6.61. The summed E-state index contributed by atoms with van der Waals surface area (Å²) in [6.45, 7) is 17.6. The molecule has 0 saturated carbocycles. The van der Waals surface area contributed by atoms with Gasteiger partial charge in [0.1, 0.15) is 0 Å². The van der Waals surface area contributed by atoms with Crippen LogP contribution in [-0.2, 0) is 28.4 Å². The second-order valence-corrected chi connectivity index (χ2v) is 18.6. The van der Waals surface area contributed by atoms with E-state index in [4.69, 9.17) is 28.4 Å². The number of rotatable bonds is 4. The van der Waals surface area contributed by atoms with E-state index in [1.165, 1.54) is 0 Å². The summed E-state index contributed by atoms with van der Waals surface area (Å²) in [5.74, 6) is -2.08. The predicted molar refractivity (Wildman–Crippen MR) is 120 cm³/mol. The van der Waals surface area contributed by atoms with E-state index < -0.39 is 44.5 Å². The molecule has 7 unspecified atom stereocenters. The minimum atomic E-state index is -0.521. The van der Waals surface area contributed by atoms with Gasteiger partial charge in [-0.15, -0.1) is 0 Å². The lowest BCUT2D eigenvalue weighted by Gasteiger charge is -2.70. The van der Waals surface area contributed by atoms with Crippen LogP contribution < -0.4 is 0 Å². The van der Waals surface area contributed by atoms with E-state index in [-0.39, 0.29) is 15.8 Å². The Labute approximate surface area is 188 Å². The molecule has 0 aromatic heterocycles. The first kappa shape index (κ1) is 22.1. The third-order valence-corrected chi connectivity index (χ3v) is 15.4. The van der Waals surface area contributed by atoms with Crippen LogP contribution in [0.5, 0.6) is 0 Å². The molecular weight excluding hydrogens is 434 g/mol. The third-order valence-electron chi connectivity index (χ3n) is 8.30. The molecule has 0 spiro atoms. The molecule has 0 aromatic rings. The molecule has 31 heavy (non-hydrogen) atoms. The van der Waals surface area contributed by atoms with Crippen molar-refractivity contribution in [1.29, 1.82) is 0 Å². The summed E-state index contributed by atoms with van der Waals surface area (Å²) in [7, 11) is -0.898. The lowest BCUT2D eigenvalue weighted by atomic mass is 9.88. The van der Waals surface area contributed by atoms with Crippen molar-refractivity contribution in [2.24, 2.45) is 0 Å². The molecule has 8 bridgehead atoms. The monoisotopic (exact) mass is 472 g/mol. The standard InChI is InChI=1S/C23H38O6P2/c1-16-12-17(2)24-18(3,13-16)29-23(8,28-17)30(16)10-9-11-31-21(6)14-19(4)25-20(5,27-21)15-22(31,7)26-19/h9-15H2,1-8H3. The third kappa shape index (κ3) is 3.05. The van der Waals surface area contributed by atoms with Crippen LogP contribution in [0.4, 0.5) is 0 Å². The Morgan fingerprint density at radius 2 is 0.935 bits per heavy atom. The van der Waals surface area contributed by atoms with E-state index in [1.807, 2.05) is 0 Å². The summed E-state index contributed by atoms with van der Waals surface area (Å²) < 4.78 is 38.6. The molecular formula is C23H38O6P2. The molecule has 0 aromatic carbocycles. The lowest BCUT2D eigenvalue weighted by molar-refractivity contribution is -0.500. The number of ether oxygens (including phenoxy) is 6. The molecule has 8 heterocycles. The van der Waals surface area contributed by atoms with E-state index in [9.17, 15) is 0 Å². The molecule has 8 saturated heterocycles. The Morgan fingerprint density at radius 1 is 0.516 bits per heavy atom. The zero-order valence-corrected chi connectivity index (χ0v) is 22.1. The average Bonchev–Trinajstić information content (AvgIpc) is 2.43. The maximum absolute atomic E-state index is 6.61. The minimum absolute atomic E-state index is 0.144. The molecule has 0 aliphatic carbocycles. The van der Waals surface area contributed by atoms with Crippen molar-refractivity contribution in [3.8, 4) is 0 Å². The molecule has 8 heteroatoms. The van der Waals surface area contributed by atoms with Crippen LogP contribution >= 0.6 is 15.8 Å². The van der Waals surface area contributed by atoms with Crippen LogP contribution in [0.25, 0.3) is 0 Å². The molecule has 8 rings (SSSR count). The van der Waals surface area contributed by atoms with Gasteiger partial charge in [-0.2, -0.15) is 0 Å². The molecule has 0 N–H and O–H groups in total. The zero-order chi connectivity index (χ0) is 22.3. The normalized spacial score (nSPS) is 66.2. The lowest BCUT2D eigenvalue weighted by Crippen LogP contribution is -2.72. The van der Waals surface area contributed by atoms with Crippen molar-refractivity contribution in [3.05, 3.63) is 0 Å². The predicted octanol–water partition coefficient (Wildman–Crippen LogP) is 5.81. The second-order valence-electron chi connectivity index (χ2n) is 12.3. The van der Waals surface area contributed by atoms with Crippen molar-refractivity contribution in [3.63, 3.8) is 0 Å². The van der Waals surface area contributed by atoms with Gasteiger partial charge >= 0.3 is 0 Å². The zero-order valence-electron chi connectivity index (χ0n) is 20.3. The molecule has 8 aliphatic rings. The van der Waals surface area contributed by atoms with Crippen LogP contribution in [0.1, 0.15) is 87.5 Å². The minimum Gasteiger partial charge on any atom is -0.339 e. The molecule has 6 nitrogen and oxygen atoms in total. The van der Waals surface area contributed by atoms with Crippen LogP contribution in [-0.4, -0.2) is 56.8 Å². The van der Waals surface area contributed by atoms with Gasteiger partial charge in [0.2, 0.25) is 0 Å². The Kier molecular flexibility index (Phi) is 4.19. The Balaban J connectivity index is 1.20. The van der Waals surface area contributed by atoms with Crippen LogP contribution in [0.2, 0.25) is 0 Å². The van der Waals surface area contributed by atoms with Gasteiger partial charge in [-0.25, -0.2) is 0 Å². The number of hydrogen-bond donors (Lipinski definition) is 0. The molecule has 0 amide bonds. The summed E-state index contributed by atoms with van der Waals surface area (Å²) in [6.07, 6.45) is 7.04. The van der Waals surface area contributed by atoms with Gasteiger partial charge < -0.3 is 28.4 Å². The first-order valence-electron chi connectivity index (χ1n) is 11.8. The highest BCUT2D eigenvalue weighted by atomic mass is 31.1. The van der Waals surface area contributed by atoms with E-state index in [0.29, 0.717) is 0 Å². The highest BCUT2D eigenvalue weighted by Crippen LogP contribution is 2.79. The first-order chi connectivity index (χ1) is 14.0. The van der Waals surface area contributed by atoms with Gasteiger partial charge in [0.15, 0.2) is 28.7 Å². The van der Waals surface area contributed by atoms with Crippen LogP contribution in [0, 0.1) is 0 Å². The van der Waals surface area contributed by atoms with E-state index in [0.717, 1.165) is 44.4 Å². The molecule has 8 aliphatic heterocycles. The molecule has 0 radical (unpaired) electrons. The fourth-order valence-electron chi connectivity index (χ4n) is 8.67. The van der Waals surface area contributed by atoms with Gasteiger partial charge in [0, 0.05) is 30.8 Å². The van der Waals surface area contributed by atoms with Crippen molar-refractivity contribution < 1.29 is 28.4 Å². The summed E-state index contributed by atoms with van der Waals surface area (Å²) >= 11 is 0. The SMILES string of the molecule is CC12CC3(C)OC(C)(CC(C)(O1)P3CCCP1C3(C)CC4(C)OC(C)(C3)OC1(C)O4)O2. The Morgan fingerprint density at radius 3 is 1.39 bits per heavy atom. The van der Waals surface area contributed by atoms with Gasteiger partial charge in [-0.3, -0.25) is 0 Å².